The van der Waals surface area contributed by atoms with E-state index < -0.39 is 0 Å². The minimum Gasteiger partial charge on any atom is -0.335 e. The number of aromatic nitrogens is 2. The highest BCUT2D eigenvalue weighted by Gasteiger charge is 2.24. The Morgan fingerprint density at radius 2 is 2.32 bits per heavy atom. The third-order valence-electron chi connectivity index (χ3n) is 4.23. The first-order chi connectivity index (χ1) is 10.7. The number of carbonyl (C=O) groups excluding carboxylic acids is 1. The summed E-state index contributed by atoms with van der Waals surface area (Å²) in [7, 11) is 0. The van der Waals surface area contributed by atoms with Crippen LogP contribution in [0, 0.1) is 6.92 Å². The standard InChI is InChI=1S/C16H22N4OS/c1-11-4-3-5-15-18-13(10-20(11)15)9-17-16(21)19-12-6-7-14(8-12)22-2/h3-5,10,12,14H,6-9H2,1-2H3,(H2,17,19,21)/t12-,14-/m0/s1. The molecule has 0 aliphatic heterocycles. The van der Waals surface area contributed by atoms with Gasteiger partial charge >= 0.3 is 6.03 Å². The third kappa shape index (κ3) is 3.38. The van der Waals surface area contributed by atoms with Gasteiger partial charge < -0.3 is 15.0 Å². The zero-order valence-corrected chi connectivity index (χ0v) is 13.8. The molecule has 6 heteroatoms. The number of urea groups is 1. The molecule has 5 nitrogen and oxygen atoms in total. The molecule has 3 rings (SSSR count). The summed E-state index contributed by atoms with van der Waals surface area (Å²) in [5.41, 5.74) is 2.92. The maximum atomic E-state index is 12.0. The smallest absolute Gasteiger partial charge is 0.315 e. The van der Waals surface area contributed by atoms with Crippen LogP contribution in [0.15, 0.2) is 24.4 Å². The van der Waals surface area contributed by atoms with E-state index in [-0.39, 0.29) is 6.03 Å². The predicted octanol–water partition coefficient (Wildman–Crippen LogP) is 2.73. The highest BCUT2D eigenvalue weighted by molar-refractivity contribution is 7.99. The van der Waals surface area contributed by atoms with Crippen molar-refractivity contribution in [3.8, 4) is 0 Å². The molecule has 0 spiro atoms. The lowest BCUT2D eigenvalue weighted by Crippen LogP contribution is -2.40. The van der Waals surface area contributed by atoms with Gasteiger partial charge in [-0.25, -0.2) is 9.78 Å². The normalized spacial score (nSPS) is 21.2. The predicted molar refractivity (Wildman–Crippen MR) is 90.2 cm³/mol. The van der Waals surface area contributed by atoms with Crippen LogP contribution >= 0.6 is 11.8 Å². The molecule has 1 fully saturated rings. The fourth-order valence-electron chi connectivity index (χ4n) is 2.98. The van der Waals surface area contributed by atoms with Crippen molar-refractivity contribution in [2.45, 2.75) is 44.0 Å². The van der Waals surface area contributed by atoms with Gasteiger partial charge in [-0.1, -0.05) is 6.07 Å². The number of hydrogen-bond donors (Lipinski definition) is 2. The van der Waals surface area contributed by atoms with Crippen LogP contribution in [0.5, 0.6) is 0 Å². The maximum absolute atomic E-state index is 12.0. The van der Waals surface area contributed by atoms with E-state index in [1.165, 1.54) is 6.42 Å². The number of hydrogen-bond acceptors (Lipinski definition) is 3. The molecule has 22 heavy (non-hydrogen) atoms. The SMILES string of the molecule is CS[C@H]1CC[C@H](NC(=O)NCc2cn3c(C)cccc3n2)C1. The molecular weight excluding hydrogens is 296 g/mol. The van der Waals surface area contributed by atoms with Gasteiger partial charge in [-0.15, -0.1) is 0 Å². The lowest BCUT2D eigenvalue weighted by molar-refractivity contribution is 0.236. The number of thioether (sulfide) groups is 1. The molecule has 118 valence electrons. The van der Waals surface area contributed by atoms with E-state index in [4.69, 9.17) is 0 Å². The molecular formula is C16H22N4OS. The highest BCUT2D eigenvalue weighted by atomic mass is 32.2. The van der Waals surface area contributed by atoms with E-state index in [0.29, 0.717) is 17.8 Å². The topological polar surface area (TPSA) is 58.4 Å². The first-order valence-corrected chi connectivity index (χ1v) is 8.95. The first-order valence-electron chi connectivity index (χ1n) is 7.66. The van der Waals surface area contributed by atoms with Crippen LogP contribution in [0.3, 0.4) is 0 Å². The van der Waals surface area contributed by atoms with Crippen LogP contribution in [-0.4, -0.2) is 33.0 Å². The van der Waals surface area contributed by atoms with Gasteiger partial charge in [-0.3, -0.25) is 0 Å². The Morgan fingerprint density at radius 3 is 3.05 bits per heavy atom. The number of amides is 2. The van der Waals surface area contributed by atoms with Crippen molar-refractivity contribution in [1.82, 2.24) is 20.0 Å². The summed E-state index contributed by atoms with van der Waals surface area (Å²) < 4.78 is 2.04. The molecule has 2 N–H and O–H groups in total. The Balaban J connectivity index is 1.53. The molecule has 1 aliphatic carbocycles. The Bertz CT molecular complexity index is 669. The molecule has 2 amide bonds. The first kappa shape index (κ1) is 15.2. The van der Waals surface area contributed by atoms with E-state index in [0.717, 1.165) is 29.9 Å². The molecule has 2 aromatic heterocycles. The van der Waals surface area contributed by atoms with E-state index in [2.05, 4.69) is 21.9 Å². The molecule has 0 saturated heterocycles. The monoisotopic (exact) mass is 318 g/mol. The number of carbonyl (C=O) groups is 1. The van der Waals surface area contributed by atoms with Crippen LogP contribution in [0.25, 0.3) is 5.65 Å². The third-order valence-corrected chi connectivity index (χ3v) is 5.32. The molecule has 2 aromatic rings. The van der Waals surface area contributed by atoms with Gasteiger partial charge in [0.25, 0.3) is 0 Å². The van der Waals surface area contributed by atoms with Crippen molar-refractivity contribution in [2.24, 2.45) is 0 Å². The number of rotatable bonds is 4. The minimum atomic E-state index is -0.0967. The summed E-state index contributed by atoms with van der Waals surface area (Å²) in [4.78, 5) is 16.5. The second kappa shape index (κ2) is 6.60. The van der Waals surface area contributed by atoms with Crippen LogP contribution in [0.2, 0.25) is 0 Å². The lowest BCUT2D eigenvalue weighted by Gasteiger charge is -2.13. The zero-order valence-electron chi connectivity index (χ0n) is 13.0. The number of fused-ring (bicyclic) bond motifs is 1. The lowest BCUT2D eigenvalue weighted by atomic mass is 10.2. The van der Waals surface area contributed by atoms with Crippen LogP contribution in [0.4, 0.5) is 4.79 Å². The minimum absolute atomic E-state index is 0.0967. The molecule has 0 bridgehead atoms. The van der Waals surface area contributed by atoms with E-state index in [1.54, 1.807) is 0 Å². The van der Waals surface area contributed by atoms with Gasteiger partial charge in [0.1, 0.15) is 5.65 Å². The second-order valence-electron chi connectivity index (χ2n) is 5.82. The number of pyridine rings is 1. The van der Waals surface area contributed by atoms with Crippen LogP contribution in [0.1, 0.15) is 30.7 Å². The number of nitrogens with one attached hydrogen (secondary N) is 2. The van der Waals surface area contributed by atoms with Crippen molar-refractivity contribution in [1.29, 1.82) is 0 Å². The van der Waals surface area contributed by atoms with Gasteiger partial charge in [-0.05, 0) is 44.6 Å². The van der Waals surface area contributed by atoms with Crippen LogP contribution < -0.4 is 10.6 Å². The number of aryl methyl sites for hydroxylation is 1. The Hall–Kier alpha value is -1.69. The summed E-state index contributed by atoms with van der Waals surface area (Å²) in [6, 6.07) is 6.21. The van der Waals surface area contributed by atoms with E-state index in [9.17, 15) is 4.79 Å². The van der Waals surface area contributed by atoms with Crippen LogP contribution in [-0.2, 0) is 6.54 Å². The van der Waals surface area contributed by atoms with Gasteiger partial charge in [0, 0.05) is 23.2 Å². The molecule has 1 aliphatic rings. The van der Waals surface area contributed by atoms with Gasteiger partial charge in [-0.2, -0.15) is 11.8 Å². The number of imidazole rings is 1. The van der Waals surface area contributed by atoms with E-state index in [1.807, 2.05) is 47.5 Å². The van der Waals surface area contributed by atoms with Gasteiger partial charge in [0.15, 0.2) is 0 Å². The Labute approximate surface area is 134 Å². The average molecular weight is 318 g/mol. The van der Waals surface area contributed by atoms with Crippen molar-refractivity contribution in [2.75, 3.05) is 6.26 Å². The Kier molecular flexibility index (Phi) is 4.57. The Morgan fingerprint density at radius 1 is 1.45 bits per heavy atom. The average Bonchev–Trinajstić information content (AvgIpc) is 3.12. The quantitative estimate of drug-likeness (QED) is 0.911. The maximum Gasteiger partial charge on any atom is 0.315 e. The van der Waals surface area contributed by atoms with Gasteiger partial charge in [0.05, 0.1) is 12.2 Å². The fourth-order valence-corrected chi connectivity index (χ4v) is 3.77. The van der Waals surface area contributed by atoms with Crippen molar-refractivity contribution < 1.29 is 4.79 Å². The second-order valence-corrected chi connectivity index (χ2v) is 6.96. The molecule has 0 aromatic carbocycles. The summed E-state index contributed by atoms with van der Waals surface area (Å²) in [6.07, 6.45) is 7.45. The molecule has 2 atom stereocenters. The highest BCUT2D eigenvalue weighted by Crippen LogP contribution is 2.27. The van der Waals surface area contributed by atoms with Gasteiger partial charge in [0.2, 0.25) is 0 Å². The van der Waals surface area contributed by atoms with Crippen molar-refractivity contribution >= 4 is 23.4 Å². The molecule has 2 heterocycles. The summed E-state index contributed by atoms with van der Waals surface area (Å²) in [5, 5.41) is 6.65. The molecule has 1 saturated carbocycles. The van der Waals surface area contributed by atoms with Crippen molar-refractivity contribution in [3.05, 3.63) is 35.8 Å². The van der Waals surface area contributed by atoms with E-state index >= 15 is 0 Å². The summed E-state index contributed by atoms with van der Waals surface area (Å²) in [5.74, 6) is 0. The molecule has 0 radical (unpaired) electrons. The van der Waals surface area contributed by atoms with Crippen molar-refractivity contribution in [3.63, 3.8) is 0 Å². The summed E-state index contributed by atoms with van der Waals surface area (Å²) >= 11 is 1.89. The zero-order chi connectivity index (χ0) is 15.5. The largest absolute Gasteiger partial charge is 0.335 e. The molecule has 0 unspecified atom stereocenters. The summed E-state index contributed by atoms with van der Waals surface area (Å²) in [6.45, 7) is 2.49. The fraction of sp³-hybridized carbons (Fsp3) is 0.500. The number of nitrogens with zero attached hydrogens (tertiary/aromatic N) is 2.